The van der Waals surface area contributed by atoms with Crippen molar-refractivity contribution < 1.29 is 27.8 Å². The van der Waals surface area contributed by atoms with Gasteiger partial charge in [0.2, 0.25) is 10.0 Å². The quantitative estimate of drug-likeness (QED) is 0.625. The monoisotopic (exact) mass is 328 g/mol. The molecule has 1 aromatic rings. The van der Waals surface area contributed by atoms with Gasteiger partial charge in [0.1, 0.15) is 18.3 Å². The molecule has 0 bridgehead atoms. The Labute approximate surface area is 127 Å². The van der Waals surface area contributed by atoms with Gasteiger partial charge in [-0.25, -0.2) is 13.6 Å². The maximum Gasteiger partial charge on any atom is 0.251 e. The lowest BCUT2D eigenvalue weighted by Crippen LogP contribution is -2.44. The van der Waals surface area contributed by atoms with E-state index in [4.69, 9.17) is 14.6 Å². The zero-order valence-corrected chi connectivity index (χ0v) is 12.3. The first-order valence-electron chi connectivity index (χ1n) is 6.71. The smallest absolute Gasteiger partial charge is 0.251 e. The standard InChI is InChI=1S/C13H16N2O6S/c14-22(18,19)8-3-1-7(2-4-8)13(17)15-9-5-20-12-10(16)6-21-11(9)12/h1-4,9-12,16H,5-6H2,(H,15,17)(H2,14,18,19)/t9-,10-,11-,12-/m1/s1. The highest BCUT2D eigenvalue weighted by molar-refractivity contribution is 7.89. The Bertz CT molecular complexity index is 674. The molecule has 120 valence electrons. The van der Waals surface area contributed by atoms with Gasteiger partial charge in [-0.2, -0.15) is 0 Å². The number of rotatable bonds is 3. The molecule has 22 heavy (non-hydrogen) atoms. The van der Waals surface area contributed by atoms with Crippen molar-refractivity contribution in [3.63, 3.8) is 0 Å². The Kier molecular flexibility index (Phi) is 3.91. The summed E-state index contributed by atoms with van der Waals surface area (Å²) in [5.74, 6) is -0.375. The largest absolute Gasteiger partial charge is 0.388 e. The second-order valence-corrected chi connectivity index (χ2v) is 6.87. The molecule has 0 aliphatic carbocycles. The molecule has 8 nitrogen and oxygen atoms in total. The van der Waals surface area contributed by atoms with E-state index in [1.54, 1.807) is 0 Å². The first-order valence-corrected chi connectivity index (χ1v) is 8.26. The number of benzene rings is 1. The van der Waals surface area contributed by atoms with E-state index in [9.17, 15) is 18.3 Å². The van der Waals surface area contributed by atoms with Crippen molar-refractivity contribution in [1.29, 1.82) is 0 Å². The number of ether oxygens (including phenoxy) is 2. The number of amides is 1. The Morgan fingerprint density at radius 2 is 1.82 bits per heavy atom. The van der Waals surface area contributed by atoms with Crippen molar-refractivity contribution in [1.82, 2.24) is 5.32 Å². The number of carbonyl (C=O) groups excluding carboxylic acids is 1. The third-order valence-electron chi connectivity index (χ3n) is 3.79. The number of hydrogen-bond donors (Lipinski definition) is 3. The highest BCUT2D eigenvalue weighted by Crippen LogP contribution is 2.27. The molecule has 0 aromatic heterocycles. The van der Waals surface area contributed by atoms with Crippen molar-refractivity contribution in [3.8, 4) is 0 Å². The number of primary sulfonamides is 1. The second kappa shape index (κ2) is 5.60. The summed E-state index contributed by atoms with van der Waals surface area (Å²) in [7, 11) is -3.79. The summed E-state index contributed by atoms with van der Waals surface area (Å²) in [6.07, 6.45) is -1.47. The molecule has 4 N–H and O–H groups in total. The number of hydrogen-bond acceptors (Lipinski definition) is 6. The lowest BCUT2D eigenvalue weighted by atomic mass is 10.1. The second-order valence-electron chi connectivity index (χ2n) is 5.31. The summed E-state index contributed by atoms with van der Waals surface area (Å²) in [5.41, 5.74) is 0.300. The van der Waals surface area contributed by atoms with Gasteiger partial charge >= 0.3 is 0 Å². The highest BCUT2D eigenvalue weighted by atomic mass is 32.2. The van der Waals surface area contributed by atoms with Crippen LogP contribution in [0.2, 0.25) is 0 Å². The number of aliphatic hydroxyl groups is 1. The Morgan fingerprint density at radius 1 is 1.18 bits per heavy atom. The third-order valence-corrected chi connectivity index (χ3v) is 4.72. The van der Waals surface area contributed by atoms with E-state index in [-0.39, 0.29) is 36.2 Å². The van der Waals surface area contributed by atoms with Crippen LogP contribution in [0.5, 0.6) is 0 Å². The van der Waals surface area contributed by atoms with Gasteiger partial charge in [0, 0.05) is 5.56 Å². The zero-order chi connectivity index (χ0) is 15.9. The fourth-order valence-corrected chi connectivity index (χ4v) is 3.17. The van der Waals surface area contributed by atoms with Gasteiger partial charge in [0.05, 0.1) is 24.2 Å². The topological polar surface area (TPSA) is 128 Å². The Hall–Kier alpha value is -1.52. The van der Waals surface area contributed by atoms with Crippen LogP contribution in [0.25, 0.3) is 0 Å². The lowest BCUT2D eigenvalue weighted by molar-refractivity contribution is 0.0178. The minimum Gasteiger partial charge on any atom is -0.388 e. The molecule has 2 fully saturated rings. The number of aliphatic hydroxyl groups excluding tert-OH is 1. The first kappa shape index (κ1) is 15.4. The van der Waals surface area contributed by atoms with Crippen LogP contribution in [0.4, 0.5) is 0 Å². The van der Waals surface area contributed by atoms with Crippen molar-refractivity contribution in [3.05, 3.63) is 29.8 Å². The van der Waals surface area contributed by atoms with Crippen LogP contribution < -0.4 is 10.5 Å². The van der Waals surface area contributed by atoms with Crippen molar-refractivity contribution in [2.75, 3.05) is 13.2 Å². The molecule has 0 spiro atoms. The van der Waals surface area contributed by atoms with Gasteiger partial charge in [-0.05, 0) is 24.3 Å². The predicted molar refractivity (Wildman–Crippen MR) is 74.6 cm³/mol. The molecule has 1 amide bonds. The third kappa shape index (κ3) is 2.85. The van der Waals surface area contributed by atoms with E-state index in [2.05, 4.69) is 5.32 Å². The van der Waals surface area contributed by atoms with Gasteiger partial charge in [0.15, 0.2) is 0 Å². The van der Waals surface area contributed by atoms with Crippen LogP contribution in [0, 0.1) is 0 Å². The maximum absolute atomic E-state index is 12.2. The lowest BCUT2D eigenvalue weighted by Gasteiger charge is -2.17. The number of fused-ring (bicyclic) bond motifs is 1. The highest BCUT2D eigenvalue weighted by Gasteiger charge is 2.47. The fraction of sp³-hybridized carbons (Fsp3) is 0.462. The molecule has 0 unspecified atom stereocenters. The van der Waals surface area contributed by atoms with Crippen LogP contribution in [0.3, 0.4) is 0 Å². The maximum atomic E-state index is 12.2. The molecular weight excluding hydrogens is 312 g/mol. The van der Waals surface area contributed by atoms with Crippen molar-refractivity contribution in [2.24, 2.45) is 5.14 Å². The SMILES string of the molecule is NS(=O)(=O)c1ccc(C(=O)N[C@@H]2CO[C@H]3[C@@H]2OC[C@H]3O)cc1. The molecule has 2 heterocycles. The number of carbonyl (C=O) groups is 1. The van der Waals surface area contributed by atoms with E-state index in [1.807, 2.05) is 0 Å². The first-order chi connectivity index (χ1) is 10.4. The van der Waals surface area contributed by atoms with Gasteiger partial charge in [-0.15, -0.1) is 0 Å². The number of nitrogens with two attached hydrogens (primary N) is 1. The molecule has 2 saturated heterocycles. The summed E-state index contributed by atoms with van der Waals surface area (Å²) in [6, 6.07) is 4.95. The van der Waals surface area contributed by atoms with Crippen LogP contribution in [-0.2, 0) is 19.5 Å². The molecule has 4 atom stereocenters. The molecule has 2 aliphatic rings. The minimum atomic E-state index is -3.79. The minimum absolute atomic E-state index is 0.0597. The average Bonchev–Trinajstić information content (AvgIpc) is 3.02. The van der Waals surface area contributed by atoms with E-state index >= 15 is 0 Å². The van der Waals surface area contributed by atoms with Crippen molar-refractivity contribution in [2.45, 2.75) is 29.2 Å². The van der Waals surface area contributed by atoms with Gasteiger partial charge in [0.25, 0.3) is 5.91 Å². The van der Waals surface area contributed by atoms with E-state index in [0.29, 0.717) is 5.56 Å². The molecule has 9 heteroatoms. The zero-order valence-electron chi connectivity index (χ0n) is 11.5. The molecular formula is C13H16N2O6S. The van der Waals surface area contributed by atoms with Gasteiger partial charge in [-0.1, -0.05) is 0 Å². The van der Waals surface area contributed by atoms with Crippen LogP contribution in [-0.4, -0.2) is 57.0 Å². The molecule has 0 saturated carbocycles. The van der Waals surface area contributed by atoms with Crippen LogP contribution in [0.1, 0.15) is 10.4 Å². The molecule has 3 rings (SSSR count). The van der Waals surface area contributed by atoms with Crippen molar-refractivity contribution >= 4 is 15.9 Å². The summed E-state index contributed by atoms with van der Waals surface area (Å²) in [5, 5.41) is 17.4. The van der Waals surface area contributed by atoms with Crippen LogP contribution in [0.15, 0.2) is 29.2 Å². The van der Waals surface area contributed by atoms with Crippen LogP contribution >= 0.6 is 0 Å². The number of nitrogens with one attached hydrogen (secondary N) is 1. The summed E-state index contributed by atoms with van der Waals surface area (Å²) in [6.45, 7) is 0.443. The normalized spacial score (nSPS) is 31.0. The van der Waals surface area contributed by atoms with Gasteiger partial charge < -0.3 is 19.9 Å². The van der Waals surface area contributed by atoms with E-state index < -0.39 is 22.2 Å². The summed E-state index contributed by atoms with van der Waals surface area (Å²) in [4.78, 5) is 12.1. The Balaban J connectivity index is 1.68. The van der Waals surface area contributed by atoms with Gasteiger partial charge in [-0.3, -0.25) is 4.79 Å². The molecule has 2 aliphatic heterocycles. The van der Waals surface area contributed by atoms with E-state index in [1.165, 1.54) is 24.3 Å². The summed E-state index contributed by atoms with van der Waals surface area (Å²) < 4.78 is 33.2. The number of sulfonamides is 1. The predicted octanol–water partition coefficient (Wildman–Crippen LogP) is -1.41. The average molecular weight is 328 g/mol. The Morgan fingerprint density at radius 3 is 2.45 bits per heavy atom. The van der Waals surface area contributed by atoms with E-state index in [0.717, 1.165) is 0 Å². The fourth-order valence-electron chi connectivity index (χ4n) is 2.65. The molecule has 0 radical (unpaired) electrons. The molecule has 1 aromatic carbocycles. The summed E-state index contributed by atoms with van der Waals surface area (Å²) >= 11 is 0.